The molecule has 4 aromatic rings. The van der Waals surface area contributed by atoms with E-state index in [1.807, 2.05) is 54.6 Å². The van der Waals surface area contributed by atoms with Crippen LogP contribution in [0, 0.1) is 0 Å². The van der Waals surface area contributed by atoms with Crippen molar-refractivity contribution >= 4 is 38.6 Å². The fourth-order valence-corrected chi connectivity index (χ4v) is 3.50. The Morgan fingerprint density at radius 2 is 1.85 bits per heavy atom. The first-order valence-electron chi connectivity index (χ1n) is 8.47. The van der Waals surface area contributed by atoms with Gasteiger partial charge in [-0.3, -0.25) is 5.32 Å². The van der Waals surface area contributed by atoms with Gasteiger partial charge in [0.25, 0.3) is 0 Å². The highest BCUT2D eigenvalue weighted by atomic mass is 32.1. The Balaban J connectivity index is 1.72. The molecule has 0 aliphatic rings. The molecule has 7 heteroatoms. The molecule has 27 heavy (non-hydrogen) atoms. The summed E-state index contributed by atoms with van der Waals surface area (Å²) in [5, 5.41) is 3.83. The van der Waals surface area contributed by atoms with Gasteiger partial charge in [0.05, 0.1) is 22.5 Å². The molecule has 0 amide bonds. The number of nitrogens with zero attached hydrogens (tertiary/aromatic N) is 3. The van der Waals surface area contributed by atoms with Gasteiger partial charge in [-0.25, -0.2) is 19.7 Å². The summed E-state index contributed by atoms with van der Waals surface area (Å²) >= 11 is 1.52. The van der Waals surface area contributed by atoms with Crippen LogP contribution in [0.2, 0.25) is 0 Å². The van der Waals surface area contributed by atoms with Crippen LogP contribution in [-0.4, -0.2) is 27.5 Å². The topological polar surface area (TPSA) is 77.0 Å². The number of hydrogen-bond donors (Lipinski definition) is 1. The van der Waals surface area contributed by atoms with Crippen molar-refractivity contribution in [3.8, 4) is 11.3 Å². The normalized spacial score (nSPS) is 10.7. The Morgan fingerprint density at radius 1 is 1.07 bits per heavy atom. The van der Waals surface area contributed by atoms with E-state index < -0.39 is 5.97 Å². The van der Waals surface area contributed by atoms with E-state index >= 15 is 0 Å². The lowest BCUT2D eigenvalue weighted by atomic mass is 10.1. The van der Waals surface area contributed by atoms with E-state index in [0.717, 1.165) is 15.8 Å². The third kappa shape index (κ3) is 3.63. The lowest BCUT2D eigenvalue weighted by Crippen LogP contribution is -2.10. The number of nitrogens with one attached hydrogen (secondary N) is 1. The van der Waals surface area contributed by atoms with Crippen molar-refractivity contribution in [3.05, 3.63) is 66.4 Å². The molecular weight excluding hydrogens is 360 g/mol. The third-order valence-electron chi connectivity index (χ3n) is 3.84. The smallest absolute Gasteiger partial charge is 0.341 e. The van der Waals surface area contributed by atoms with E-state index in [2.05, 4.69) is 20.3 Å². The van der Waals surface area contributed by atoms with Crippen molar-refractivity contribution in [2.75, 3.05) is 11.9 Å². The number of carbonyl (C=O) groups is 1. The first kappa shape index (κ1) is 17.1. The second-order valence-corrected chi connectivity index (χ2v) is 6.68. The lowest BCUT2D eigenvalue weighted by molar-refractivity contribution is 0.0526. The number of fused-ring (bicyclic) bond motifs is 1. The maximum Gasteiger partial charge on any atom is 0.341 e. The number of aromatic nitrogens is 3. The summed E-state index contributed by atoms with van der Waals surface area (Å²) in [6.45, 7) is 2.06. The molecule has 6 nitrogen and oxygen atoms in total. The molecule has 0 aliphatic carbocycles. The van der Waals surface area contributed by atoms with Gasteiger partial charge in [-0.05, 0) is 19.1 Å². The first-order valence-corrected chi connectivity index (χ1v) is 9.28. The average Bonchev–Trinajstić information content (AvgIpc) is 3.11. The summed E-state index contributed by atoms with van der Waals surface area (Å²) < 4.78 is 6.21. The standard InChI is InChI=1S/C20H16N4O2S/c1-2-26-18(25)14-12-21-19(23-17(14)13-8-4-3-5-9-13)24-20-22-15-10-6-7-11-16(15)27-20/h3-12H,2H2,1H3,(H,21,22,23,24). The quantitative estimate of drug-likeness (QED) is 0.510. The minimum absolute atomic E-state index is 0.290. The molecule has 0 aliphatic heterocycles. The fourth-order valence-electron chi connectivity index (χ4n) is 2.64. The predicted octanol–water partition coefficient (Wildman–Crippen LogP) is 4.67. The van der Waals surface area contributed by atoms with Gasteiger partial charge in [0.1, 0.15) is 5.56 Å². The van der Waals surface area contributed by atoms with E-state index in [1.165, 1.54) is 17.5 Å². The number of thiazole rings is 1. The van der Waals surface area contributed by atoms with Crippen LogP contribution in [-0.2, 0) is 4.74 Å². The van der Waals surface area contributed by atoms with Crippen LogP contribution in [0.5, 0.6) is 0 Å². The van der Waals surface area contributed by atoms with Gasteiger partial charge < -0.3 is 4.74 Å². The molecule has 0 radical (unpaired) electrons. The molecule has 2 heterocycles. The summed E-state index contributed by atoms with van der Waals surface area (Å²) in [7, 11) is 0. The molecule has 0 spiro atoms. The van der Waals surface area contributed by atoms with Crippen molar-refractivity contribution in [1.29, 1.82) is 0 Å². The van der Waals surface area contributed by atoms with Gasteiger partial charge in [-0.15, -0.1) is 0 Å². The van der Waals surface area contributed by atoms with Gasteiger partial charge in [0.2, 0.25) is 5.95 Å². The second-order valence-electron chi connectivity index (χ2n) is 5.65. The molecule has 1 N–H and O–H groups in total. The molecule has 4 rings (SSSR count). The van der Waals surface area contributed by atoms with Gasteiger partial charge in [0, 0.05) is 11.8 Å². The molecule has 0 bridgehead atoms. The number of anilines is 2. The molecule has 0 saturated carbocycles. The Bertz CT molecular complexity index is 1060. The van der Waals surface area contributed by atoms with Crippen molar-refractivity contribution in [2.24, 2.45) is 0 Å². The third-order valence-corrected chi connectivity index (χ3v) is 4.80. The predicted molar refractivity (Wildman–Crippen MR) is 106 cm³/mol. The second kappa shape index (κ2) is 7.51. The summed E-state index contributed by atoms with van der Waals surface area (Å²) in [5.74, 6) is -0.0659. The molecule has 2 aromatic carbocycles. The number of esters is 1. The van der Waals surface area contributed by atoms with Crippen molar-refractivity contribution in [3.63, 3.8) is 0 Å². The van der Waals surface area contributed by atoms with Crippen molar-refractivity contribution in [2.45, 2.75) is 6.92 Å². The highest BCUT2D eigenvalue weighted by molar-refractivity contribution is 7.22. The number of carbonyl (C=O) groups excluding carboxylic acids is 1. The highest BCUT2D eigenvalue weighted by Crippen LogP contribution is 2.28. The first-order chi connectivity index (χ1) is 13.2. The van der Waals surface area contributed by atoms with E-state index in [1.54, 1.807) is 6.92 Å². The van der Waals surface area contributed by atoms with Crippen molar-refractivity contribution in [1.82, 2.24) is 15.0 Å². The average molecular weight is 376 g/mol. The Hall–Kier alpha value is -3.32. The Kier molecular flexibility index (Phi) is 4.76. The van der Waals surface area contributed by atoms with Crippen LogP contribution in [0.25, 0.3) is 21.5 Å². The monoisotopic (exact) mass is 376 g/mol. The van der Waals surface area contributed by atoms with E-state index in [9.17, 15) is 4.79 Å². The number of benzene rings is 2. The van der Waals surface area contributed by atoms with E-state index in [4.69, 9.17) is 4.74 Å². The van der Waals surface area contributed by atoms with Crippen molar-refractivity contribution < 1.29 is 9.53 Å². The zero-order chi connectivity index (χ0) is 18.6. The maximum atomic E-state index is 12.3. The van der Waals surface area contributed by atoms with Crippen LogP contribution >= 0.6 is 11.3 Å². The molecule has 134 valence electrons. The molecule has 2 aromatic heterocycles. The maximum absolute atomic E-state index is 12.3. The molecule has 0 atom stereocenters. The zero-order valence-corrected chi connectivity index (χ0v) is 15.4. The lowest BCUT2D eigenvalue weighted by Gasteiger charge is -2.10. The van der Waals surface area contributed by atoms with Crippen LogP contribution in [0.4, 0.5) is 11.1 Å². The number of ether oxygens (including phenoxy) is 1. The summed E-state index contributed by atoms with van der Waals surface area (Å²) in [5.41, 5.74) is 2.58. The zero-order valence-electron chi connectivity index (χ0n) is 14.5. The van der Waals surface area contributed by atoms with Crippen LogP contribution in [0.1, 0.15) is 17.3 Å². The number of para-hydroxylation sites is 1. The minimum Gasteiger partial charge on any atom is -0.462 e. The van der Waals surface area contributed by atoms with Gasteiger partial charge >= 0.3 is 5.97 Å². The molecule has 0 unspecified atom stereocenters. The van der Waals surface area contributed by atoms with Gasteiger partial charge in [-0.2, -0.15) is 0 Å². The molecular formula is C20H16N4O2S. The number of hydrogen-bond acceptors (Lipinski definition) is 7. The van der Waals surface area contributed by atoms with E-state index in [0.29, 0.717) is 28.9 Å². The summed E-state index contributed by atoms with van der Waals surface area (Å²) in [4.78, 5) is 25.7. The van der Waals surface area contributed by atoms with Gasteiger partial charge in [-0.1, -0.05) is 53.8 Å². The Labute approximate surface area is 159 Å². The number of rotatable bonds is 5. The minimum atomic E-state index is -0.442. The largest absolute Gasteiger partial charge is 0.462 e. The molecule has 0 fully saturated rings. The van der Waals surface area contributed by atoms with Crippen LogP contribution in [0.3, 0.4) is 0 Å². The highest BCUT2D eigenvalue weighted by Gasteiger charge is 2.18. The summed E-state index contributed by atoms with van der Waals surface area (Å²) in [6, 6.07) is 17.4. The fraction of sp³-hybridized carbons (Fsp3) is 0.100. The SMILES string of the molecule is CCOC(=O)c1cnc(Nc2nc3ccccc3s2)nc1-c1ccccc1. The van der Waals surface area contributed by atoms with Gasteiger partial charge in [0.15, 0.2) is 5.13 Å². The van der Waals surface area contributed by atoms with Crippen LogP contribution in [0.15, 0.2) is 60.8 Å². The molecule has 0 saturated heterocycles. The van der Waals surface area contributed by atoms with E-state index in [-0.39, 0.29) is 0 Å². The Morgan fingerprint density at radius 3 is 2.63 bits per heavy atom. The summed E-state index contributed by atoms with van der Waals surface area (Å²) in [6.07, 6.45) is 1.49. The van der Waals surface area contributed by atoms with Crippen LogP contribution < -0.4 is 5.32 Å².